The summed E-state index contributed by atoms with van der Waals surface area (Å²) in [5.41, 5.74) is 1.47. The molecule has 29 heavy (non-hydrogen) atoms. The molecule has 2 aromatic rings. The first kappa shape index (κ1) is 20.4. The molecule has 2 aromatic carbocycles. The number of hydrogen-bond acceptors (Lipinski definition) is 5. The highest BCUT2D eigenvalue weighted by molar-refractivity contribution is 6.08. The monoisotopic (exact) mass is 396 g/mol. The second kappa shape index (κ2) is 8.34. The Labute approximate surface area is 169 Å². The molecule has 1 heterocycles. The average Bonchev–Trinajstić information content (AvgIpc) is 2.91. The SMILES string of the molecule is Cc1ccc([C@@]2(C)NC(=O)N(CC(=O)OCCOc3ccccc3C)C2=O)cc1. The van der Waals surface area contributed by atoms with Crippen molar-refractivity contribution in [1.82, 2.24) is 10.2 Å². The Morgan fingerprint density at radius 2 is 1.72 bits per heavy atom. The van der Waals surface area contributed by atoms with Gasteiger partial charge in [0, 0.05) is 0 Å². The Hall–Kier alpha value is -3.35. The van der Waals surface area contributed by atoms with E-state index in [0.29, 0.717) is 11.3 Å². The van der Waals surface area contributed by atoms with Gasteiger partial charge in [0.25, 0.3) is 5.91 Å². The number of nitrogens with one attached hydrogen (secondary N) is 1. The van der Waals surface area contributed by atoms with E-state index in [1.54, 1.807) is 19.1 Å². The predicted molar refractivity (Wildman–Crippen MR) is 106 cm³/mol. The molecule has 1 N–H and O–H groups in total. The number of rotatable bonds is 7. The number of nitrogens with zero attached hydrogens (tertiary/aromatic N) is 1. The van der Waals surface area contributed by atoms with Gasteiger partial charge in [-0.1, -0.05) is 48.0 Å². The van der Waals surface area contributed by atoms with E-state index >= 15 is 0 Å². The van der Waals surface area contributed by atoms with E-state index in [2.05, 4.69) is 5.32 Å². The standard InChI is InChI=1S/C22H24N2O5/c1-15-8-10-17(11-9-15)22(3)20(26)24(21(27)23-22)14-19(25)29-13-12-28-18-7-5-4-6-16(18)2/h4-11H,12-14H2,1-3H3,(H,23,27)/t22-/m1/s1. The molecule has 1 aliphatic rings. The van der Waals surface area contributed by atoms with Gasteiger partial charge in [-0.15, -0.1) is 0 Å². The third-order valence-electron chi connectivity index (χ3n) is 4.89. The van der Waals surface area contributed by atoms with Crippen molar-refractivity contribution in [2.45, 2.75) is 26.3 Å². The Kier molecular flexibility index (Phi) is 5.87. The number of esters is 1. The van der Waals surface area contributed by atoms with Crippen molar-refractivity contribution >= 4 is 17.9 Å². The molecule has 0 radical (unpaired) electrons. The lowest BCUT2D eigenvalue weighted by Crippen LogP contribution is -2.41. The minimum Gasteiger partial charge on any atom is -0.490 e. The zero-order chi connectivity index (χ0) is 21.0. The summed E-state index contributed by atoms with van der Waals surface area (Å²) in [5, 5.41) is 2.67. The highest BCUT2D eigenvalue weighted by Gasteiger charge is 2.49. The summed E-state index contributed by atoms with van der Waals surface area (Å²) in [6.07, 6.45) is 0. The first-order chi connectivity index (χ1) is 13.8. The van der Waals surface area contributed by atoms with Crippen molar-refractivity contribution in [3.63, 3.8) is 0 Å². The molecule has 0 unspecified atom stereocenters. The summed E-state index contributed by atoms with van der Waals surface area (Å²) in [7, 11) is 0. The van der Waals surface area contributed by atoms with Crippen LogP contribution in [-0.2, 0) is 19.9 Å². The van der Waals surface area contributed by atoms with Crippen molar-refractivity contribution < 1.29 is 23.9 Å². The van der Waals surface area contributed by atoms with E-state index < -0.39 is 30.0 Å². The molecule has 7 heteroatoms. The number of hydrogen-bond donors (Lipinski definition) is 1. The van der Waals surface area contributed by atoms with Gasteiger partial charge in [0.05, 0.1) is 0 Å². The molecule has 1 atom stereocenters. The average molecular weight is 396 g/mol. The Morgan fingerprint density at radius 1 is 1.03 bits per heavy atom. The van der Waals surface area contributed by atoms with Crippen LogP contribution in [0.15, 0.2) is 48.5 Å². The molecular weight excluding hydrogens is 372 g/mol. The number of carbonyl (C=O) groups is 3. The van der Waals surface area contributed by atoms with Crippen molar-refractivity contribution in [2.75, 3.05) is 19.8 Å². The van der Waals surface area contributed by atoms with Gasteiger partial charge in [-0.05, 0) is 38.0 Å². The first-order valence-corrected chi connectivity index (χ1v) is 9.36. The highest BCUT2D eigenvalue weighted by atomic mass is 16.6. The number of para-hydroxylation sites is 1. The molecule has 0 aromatic heterocycles. The molecule has 3 rings (SSSR count). The molecule has 0 spiro atoms. The van der Waals surface area contributed by atoms with Crippen LogP contribution in [0.25, 0.3) is 0 Å². The fourth-order valence-electron chi connectivity index (χ4n) is 3.12. The Bertz CT molecular complexity index is 925. The maximum absolute atomic E-state index is 12.8. The van der Waals surface area contributed by atoms with Crippen molar-refractivity contribution in [2.24, 2.45) is 0 Å². The molecule has 0 bridgehead atoms. The number of amides is 3. The number of benzene rings is 2. The van der Waals surface area contributed by atoms with Gasteiger partial charge in [-0.3, -0.25) is 14.5 Å². The molecule has 3 amide bonds. The lowest BCUT2D eigenvalue weighted by molar-refractivity contribution is -0.148. The maximum Gasteiger partial charge on any atom is 0.326 e. The molecule has 0 aliphatic carbocycles. The van der Waals surface area contributed by atoms with E-state index in [4.69, 9.17) is 9.47 Å². The minimum atomic E-state index is -1.21. The van der Waals surface area contributed by atoms with Crippen LogP contribution in [0.4, 0.5) is 4.79 Å². The fourth-order valence-corrected chi connectivity index (χ4v) is 3.12. The zero-order valence-corrected chi connectivity index (χ0v) is 16.7. The molecular formula is C22H24N2O5. The van der Waals surface area contributed by atoms with Gasteiger partial charge in [0.15, 0.2) is 0 Å². The van der Waals surface area contributed by atoms with Crippen molar-refractivity contribution in [1.29, 1.82) is 0 Å². The number of ether oxygens (including phenoxy) is 2. The Balaban J connectivity index is 1.53. The van der Waals surface area contributed by atoms with Crippen molar-refractivity contribution in [3.05, 3.63) is 65.2 Å². The van der Waals surface area contributed by atoms with Crippen LogP contribution < -0.4 is 10.1 Å². The van der Waals surface area contributed by atoms with Crippen LogP contribution in [0.2, 0.25) is 0 Å². The van der Waals surface area contributed by atoms with Gasteiger partial charge in [-0.2, -0.15) is 0 Å². The van der Waals surface area contributed by atoms with E-state index in [0.717, 1.165) is 16.0 Å². The molecule has 7 nitrogen and oxygen atoms in total. The van der Waals surface area contributed by atoms with E-state index in [9.17, 15) is 14.4 Å². The van der Waals surface area contributed by atoms with Crippen LogP contribution in [-0.4, -0.2) is 42.6 Å². The first-order valence-electron chi connectivity index (χ1n) is 9.36. The number of aryl methyl sites for hydroxylation is 2. The van der Waals surface area contributed by atoms with E-state index in [1.165, 1.54) is 0 Å². The maximum atomic E-state index is 12.8. The third-order valence-corrected chi connectivity index (χ3v) is 4.89. The van der Waals surface area contributed by atoms with Crippen LogP contribution in [0.1, 0.15) is 23.6 Å². The van der Waals surface area contributed by atoms with Crippen LogP contribution in [0.5, 0.6) is 5.75 Å². The molecule has 0 saturated carbocycles. The van der Waals surface area contributed by atoms with Crippen LogP contribution in [0.3, 0.4) is 0 Å². The summed E-state index contributed by atoms with van der Waals surface area (Å²) in [6, 6.07) is 14.2. The normalized spacial score (nSPS) is 18.5. The second-order valence-corrected chi connectivity index (χ2v) is 7.15. The summed E-state index contributed by atoms with van der Waals surface area (Å²) in [4.78, 5) is 38.1. The van der Waals surface area contributed by atoms with Crippen LogP contribution >= 0.6 is 0 Å². The predicted octanol–water partition coefficient (Wildman–Crippen LogP) is 2.69. The number of urea groups is 1. The second-order valence-electron chi connectivity index (χ2n) is 7.15. The van der Waals surface area contributed by atoms with Crippen LogP contribution in [0, 0.1) is 13.8 Å². The summed E-state index contributed by atoms with van der Waals surface area (Å²) >= 11 is 0. The lowest BCUT2D eigenvalue weighted by atomic mass is 9.91. The van der Waals surface area contributed by atoms with E-state index in [1.807, 2.05) is 50.2 Å². The highest BCUT2D eigenvalue weighted by Crippen LogP contribution is 2.28. The smallest absolute Gasteiger partial charge is 0.326 e. The van der Waals surface area contributed by atoms with Gasteiger partial charge in [-0.25, -0.2) is 4.79 Å². The van der Waals surface area contributed by atoms with Gasteiger partial charge >= 0.3 is 12.0 Å². The van der Waals surface area contributed by atoms with Gasteiger partial charge < -0.3 is 14.8 Å². The van der Waals surface area contributed by atoms with Crippen molar-refractivity contribution in [3.8, 4) is 5.75 Å². The number of imide groups is 1. The minimum absolute atomic E-state index is 0.0199. The third kappa shape index (κ3) is 4.39. The van der Waals surface area contributed by atoms with Gasteiger partial charge in [0.1, 0.15) is 31.0 Å². The van der Waals surface area contributed by atoms with Gasteiger partial charge in [0.2, 0.25) is 0 Å². The Morgan fingerprint density at radius 3 is 2.41 bits per heavy atom. The largest absolute Gasteiger partial charge is 0.490 e. The summed E-state index contributed by atoms with van der Waals surface area (Å²) in [6.45, 7) is 5.23. The molecule has 152 valence electrons. The lowest BCUT2D eigenvalue weighted by Gasteiger charge is -2.22. The summed E-state index contributed by atoms with van der Waals surface area (Å²) < 4.78 is 10.7. The van der Waals surface area contributed by atoms with E-state index in [-0.39, 0.29) is 13.2 Å². The molecule has 1 fully saturated rings. The summed E-state index contributed by atoms with van der Waals surface area (Å²) in [5.74, 6) is -0.444. The quantitative estimate of drug-likeness (QED) is 0.442. The fraction of sp³-hybridized carbons (Fsp3) is 0.318. The molecule has 1 aliphatic heterocycles. The zero-order valence-electron chi connectivity index (χ0n) is 16.7. The molecule has 1 saturated heterocycles. The topological polar surface area (TPSA) is 84.9 Å². The number of carbonyl (C=O) groups excluding carboxylic acids is 3.